The molecule has 1 fully saturated rings. The first kappa shape index (κ1) is 22.5. The highest BCUT2D eigenvalue weighted by Crippen LogP contribution is 2.29. The van der Waals surface area contributed by atoms with Crippen molar-refractivity contribution in [2.45, 2.75) is 30.6 Å². The van der Waals surface area contributed by atoms with Gasteiger partial charge < -0.3 is 10.3 Å². The molecule has 2 aromatic carbocycles. The van der Waals surface area contributed by atoms with E-state index in [1.54, 1.807) is 19.1 Å². The fraction of sp³-hybridized carbons (Fsp3) is 0.375. The van der Waals surface area contributed by atoms with Crippen molar-refractivity contribution in [2.24, 2.45) is 0 Å². The lowest BCUT2D eigenvalue weighted by molar-refractivity contribution is -0.117. The van der Waals surface area contributed by atoms with Crippen LogP contribution in [-0.2, 0) is 14.8 Å². The van der Waals surface area contributed by atoms with E-state index >= 15 is 0 Å². The van der Waals surface area contributed by atoms with E-state index in [-0.39, 0.29) is 17.3 Å². The number of sulfonamides is 1. The Bertz CT molecular complexity index is 1200. The van der Waals surface area contributed by atoms with Gasteiger partial charge >= 0.3 is 0 Å². The van der Waals surface area contributed by atoms with E-state index < -0.39 is 10.0 Å². The van der Waals surface area contributed by atoms with Gasteiger partial charge in [-0.1, -0.05) is 24.3 Å². The number of aryl methyl sites for hydroxylation is 1. The zero-order valence-electron chi connectivity index (χ0n) is 18.8. The number of fused-ring (bicyclic) bond motifs is 1. The number of carbonyl (C=O) groups is 1. The largest absolute Gasteiger partial charge is 0.358 e. The molecule has 2 N–H and O–H groups in total. The molecule has 1 saturated heterocycles. The molecule has 7 nitrogen and oxygen atoms in total. The van der Waals surface area contributed by atoms with Crippen LogP contribution in [0.2, 0.25) is 0 Å². The van der Waals surface area contributed by atoms with Gasteiger partial charge in [-0.15, -0.1) is 0 Å². The van der Waals surface area contributed by atoms with Crippen molar-refractivity contribution >= 4 is 32.5 Å². The van der Waals surface area contributed by atoms with Crippen LogP contribution in [0.25, 0.3) is 10.9 Å². The van der Waals surface area contributed by atoms with Gasteiger partial charge in [0.05, 0.1) is 11.4 Å². The summed E-state index contributed by atoms with van der Waals surface area (Å²) in [5, 5.41) is 4.08. The maximum absolute atomic E-state index is 12.7. The molecule has 1 atom stereocenters. The molecule has 4 rings (SSSR count). The summed E-state index contributed by atoms with van der Waals surface area (Å²) in [6.45, 7) is 3.72. The summed E-state index contributed by atoms with van der Waals surface area (Å²) in [5.41, 5.74) is 3.49. The number of likely N-dealkylation sites (tertiary alicyclic amines) is 1. The summed E-state index contributed by atoms with van der Waals surface area (Å²) in [6, 6.07) is 15.5. The predicted octanol–water partition coefficient (Wildman–Crippen LogP) is 3.54. The van der Waals surface area contributed by atoms with Gasteiger partial charge in [-0.05, 0) is 61.5 Å². The number of piperidine rings is 1. The molecule has 2 heterocycles. The van der Waals surface area contributed by atoms with Crippen molar-refractivity contribution in [1.82, 2.24) is 14.2 Å². The Morgan fingerprint density at radius 3 is 2.72 bits per heavy atom. The predicted molar refractivity (Wildman–Crippen MR) is 127 cm³/mol. The fourth-order valence-corrected chi connectivity index (χ4v) is 5.47. The van der Waals surface area contributed by atoms with Crippen LogP contribution in [0.1, 0.15) is 30.0 Å². The molecule has 1 amide bonds. The number of hydrogen-bond donors (Lipinski definition) is 2. The van der Waals surface area contributed by atoms with Crippen LogP contribution in [0.5, 0.6) is 0 Å². The van der Waals surface area contributed by atoms with E-state index in [0.29, 0.717) is 17.2 Å². The summed E-state index contributed by atoms with van der Waals surface area (Å²) >= 11 is 0. The molecule has 1 aromatic heterocycles. The van der Waals surface area contributed by atoms with Crippen LogP contribution in [0, 0.1) is 6.92 Å². The molecule has 0 saturated carbocycles. The smallest absolute Gasteiger partial charge is 0.242 e. The Kier molecular flexibility index (Phi) is 6.37. The second-order valence-corrected chi connectivity index (χ2v) is 10.8. The summed E-state index contributed by atoms with van der Waals surface area (Å²) < 4.78 is 26.3. The van der Waals surface area contributed by atoms with Gasteiger partial charge in [0.2, 0.25) is 15.9 Å². The average molecular weight is 455 g/mol. The summed E-state index contributed by atoms with van der Waals surface area (Å²) in [4.78, 5) is 18.6. The van der Waals surface area contributed by atoms with Gasteiger partial charge in [-0.25, -0.2) is 12.7 Å². The topological polar surface area (TPSA) is 85.5 Å². The Labute approximate surface area is 189 Å². The van der Waals surface area contributed by atoms with Crippen molar-refractivity contribution < 1.29 is 13.2 Å². The highest BCUT2D eigenvalue weighted by Gasteiger charge is 2.25. The summed E-state index contributed by atoms with van der Waals surface area (Å²) in [7, 11) is -0.574. The molecule has 1 aliphatic heterocycles. The minimum Gasteiger partial charge on any atom is -0.358 e. The minimum absolute atomic E-state index is 0.139. The molecule has 0 radical (unpaired) electrons. The minimum atomic E-state index is -3.57. The number of benzene rings is 2. The summed E-state index contributed by atoms with van der Waals surface area (Å²) in [6.07, 6.45) is 2.12. The third kappa shape index (κ3) is 4.72. The van der Waals surface area contributed by atoms with Crippen LogP contribution in [0.4, 0.5) is 5.69 Å². The number of aromatic nitrogens is 1. The van der Waals surface area contributed by atoms with Crippen molar-refractivity contribution in [3.8, 4) is 0 Å². The van der Waals surface area contributed by atoms with Crippen LogP contribution in [-0.4, -0.2) is 62.2 Å². The van der Waals surface area contributed by atoms with Crippen LogP contribution in [0.3, 0.4) is 0 Å². The van der Waals surface area contributed by atoms with Gasteiger partial charge in [0.15, 0.2) is 0 Å². The van der Waals surface area contributed by atoms with Gasteiger partial charge in [0, 0.05) is 43.5 Å². The Balaban J connectivity index is 1.42. The van der Waals surface area contributed by atoms with Crippen LogP contribution >= 0.6 is 0 Å². The number of rotatable bonds is 6. The first-order valence-corrected chi connectivity index (χ1v) is 12.3. The second kappa shape index (κ2) is 9.05. The highest BCUT2D eigenvalue weighted by molar-refractivity contribution is 7.89. The van der Waals surface area contributed by atoms with Crippen molar-refractivity contribution in [2.75, 3.05) is 39.0 Å². The van der Waals surface area contributed by atoms with Crippen molar-refractivity contribution in [3.05, 3.63) is 59.8 Å². The quantitative estimate of drug-likeness (QED) is 0.597. The Morgan fingerprint density at radius 2 is 1.97 bits per heavy atom. The van der Waals surface area contributed by atoms with Gasteiger partial charge in [-0.2, -0.15) is 0 Å². The zero-order valence-corrected chi connectivity index (χ0v) is 19.6. The normalized spacial score (nSPS) is 17.7. The second-order valence-electron chi connectivity index (χ2n) is 8.70. The third-order valence-corrected chi connectivity index (χ3v) is 8.05. The highest BCUT2D eigenvalue weighted by atomic mass is 32.2. The molecule has 32 heavy (non-hydrogen) atoms. The third-order valence-electron chi connectivity index (χ3n) is 6.09. The first-order chi connectivity index (χ1) is 15.2. The van der Waals surface area contributed by atoms with Gasteiger partial charge in [-0.3, -0.25) is 9.69 Å². The fourth-order valence-electron chi connectivity index (χ4n) is 4.32. The average Bonchev–Trinajstić information content (AvgIpc) is 3.19. The molecule has 0 unspecified atom stereocenters. The zero-order chi connectivity index (χ0) is 22.9. The molecule has 0 spiro atoms. The van der Waals surface area contributed by atoms with Crippen LogP contribution < -0.4 is 5.32 Å². The maximum atomic E-state index is 12.7. The van der Waals surface area contributed by atoms with E-state index in [0.717, 1.165) is 31.4 Å². The standard InChI is InChI=1S/C24H30N4O3S/c1-17-10-11-20(14-23(17)32(30,31)27(2)3)25-24(29)16-28-12-6-8-19(15-28)22-13-18-7-4-5-9-21(18)26-22/h4-5,7,9-11,13-14,19,26H,6,8,12,15-16H2,1-3H3,(H,25,29)/t19-/m1/s1. The van der Waals surface area contributed by atoms with Crippen molar-refractivity contribution in [1.29, 1.82) is 0 Å². The van der Waals surface area contributed by atoms with E-state index in [1.165, 1.54) is 35.5 Å². The number of nitrogens with zero attached hydrogens (tertiary/aromatic N) is 2. The number of amides is 1. The molecular formula is C24H30N4O3S. The lowest BCUT2D eigenvalue weighted by atomic mass is 9.95. The van der Waals surface area contributed by atoms with E-state index in [9.17, 15) is 13.2 Å². The number of carbonyl (C=O) groups excluding carboxylic acids is 1. The SMILES string of the molecule is Cc1ccc(NC(=O)CN2CCC[C@@H](c3cc4ccccc4[nH]3)C2)cc1S(=O)(=O)N(C)C. The summed E-state index contributed by atoms with van der Waals surface area (Å²) in [5.74, 6) is 0.222. The molecule has 8 heteroatoms. The number of hydrogen-bond acceptors (Lipinski definition) is 4. The van der Waals surface area contributed by atoms with Gasteiger partial charge in [0.25, 0.3) is 0 Å². The molecule has 0 aliphatic carbocycles. The van der Waals surface area contributed by atoms with E-state index in [2.05, 4.69) is 33.4 Å². The molecule has 0 bridgehead atoms. The Morgan fingerprint density at radius 1 is 1.19 bits per heavy atom. The van der Waals surface area contributed by atoms with E-state index in [4.69, 9.17) is 0 Å². The Hall–Kier alpha value is -2.68. The van der Waals surface area contributed by atoms with Crippen LogP contribution in [0.15, 0.2) is 53.4 Å². The molecule has 170 valence electrons. The van der Waals surface area contributed by atoms with Gasteiger partial charge in [0.1, 0.15) is 0 Å². The molecular weight excluding hydrogens is 424 g/mol. The lowest BCUT2D eigenvalue weighted by Crippen LogP contribution is -2.39. The number of anilines is 1. The maximum Gasteiger partial charge on any atom is 0.242 e. The number of para-hydroxylation sites is 1. The number of H-pyrrole nitrogens is 1. The lowest BCUT2D eigenvalue weighted by Gasteiger charge is -2.31. The molecule has 3 aromatic rings. The molecule has 1 aliphatic rings. The number of aromatic amines is 1. The van der Waals surface area contributed by atoms with Crippen molar-refractivity contribution in [3.63, 3.8) is 0 Å². The van der Waals surface area contributed by atoms with E-state index in [1.807, 2.05) is 12.1 Å². The first-order valence-electron chi connectivity index (χ1n) is 10.9. The monoisotopic (exact) mass is 454 g/mol. The number of nitrogens with one attached hydrogen (secondary N) is 2.